The number of guanidine groups is 1. The van der Waals surface area contributed by atoms with Gasteiger partial charge in [-0.05, 0) is 58.5 Å². The summed E-state index contributed by atoms with van der Waals surface area (Å²) in [6, 6.07) is 0.600. The van der Waals surface area contributed by atoms with Gasteiger partial charge < -0.3 is 25.0 Å². The molecule has 1 atom stereocenters. The van der Waals surface area contributed by atoms with Crippen molar-refractivity contribution in [2.24, 2.45) is 10.9 Å². The highest BCUT2D eigenvalue weighted by Crippen LogP contribution is 2.15. The largest absolute Gasteiger partial charge is 0.381 e. The number of likely N-dealkylation sites (N-methyl/N-ethyl adjacent to an activating group) is 1. The molecule has 6 heteroatoms. The third-order valence-corrected chi connectivity index (χ3v) is 4.93. The van der Waals surface area contributed by atoms with Gasteiger partial charge in [-0.3, -0.25) is 4.99 Å². The summed E-state index contributed by atoms with van der Waals surface area (Å²) in [6.45, 7) is 9.48. The van der Waals surface area contributed by atoms with Crippen LogP contribution in [-0.4, -0.2) is 76.6 Å². The van der Waals surface area contributed by atoms with Gasteiger partial charge in [0.1, 0.15) is 0 Å². The normalized spacial score (nSPS) is 23.6. The summed E-state index contributed by atoms with van der Waals surface area (Å²) in [6.07, 6.45) is 5.86. The molecule has 0 bridgehead atoms. The van der Waals surface area contributed by atoms with E-state index in [1.807, 2.05) is 0 Å². The molecule has 2 aliphatic heterocycles. The average molecular weight is 341 g/mol. The Kier molecular flexibility index (Phi) is 9.46. The van der Waals surface area contributed by atoms with E-state index in [4.69, 9.17) is 14.5 Å². The van der Waals surface area contributed by atoms with Crippen LogP contribution in [0.25, 0.3) is 0 Å². The number of nitrogens with one attached hydrogen (secondary N) is 2. The molecule has 0 aromatic heterocycles. The van der Waals surface area contributed by atoms with E-state index < -0.39 is 0 Å². The Morgan fingerprint density at radius 1 is 1.25 bits per heavy atom. The fraction of sp³-hybridized carbons (Fsp3) is 0.944. The van der Waals surface area contributed by atoms with E-state index in [1.54, 1.807) is 0 Å². The van der Waals surface area contributed by atoms with Crippen LogP contribution in [0.1, 0.15) is 39.0 Å². The van der Waals surface area contributed by atoms with Crippen molar-refractivity contribution in [3.05, 3.63) is 0 Å². The van der Waals surface area contributed by atoms with E-state index in [9.17, 15) is 0 Å². The Labute approximate surface area is 147 Å². The second-order valence-corrected chi connectivity index (χ2v) is 6.91. The molecule has 0 aromatic rings. The standard InChI is InChI=1S/C18H36N4O2/c1-3-19-18(21-14-17-6-4-10-22(17)2)20-9-5-11-24-15-16-7-12-23-13-8-16/h16-17H,3-15H2,1-2H3,(H2,19,20,21). The molecule has 0 amide bonds. The van der Waals surface area contributed by atoms with E-state index in [1.165, 1.54) is 19.4 Å². The first-order valence-electron chi connectivity index (χ1n) is 9.67. The van der Waals surface area contributed by atoms with Crippen LogP contribution >= 0.6 is 0 Å². The summed E-state index contributed by atoms with van der Waals surface area (Å²) >= 11 is 0. The zero-order valence-corrected chi connectivity index (χ0v) is 15.6. The molecule has 6 nitrogen and oxygen atoms in total. The van der Waals surface area contributed by atoms with Crippen LogP contribution < -0.4 is 10.6 Å². The lowest BCUT2D eigenvalue weighted by molar-refractivity contribution is 0.0203. The SMILES string of the molecule is CCNC(=NCC1CCCN1C)NCCCOCC1CCOCC1. The molecular weight excluding hydrogens is 304 g/mol. The lowest BCUT2D eigenvalue weighted by atomic mass is 10.0. The maximum atomic E-state index is 5.81. The number of hydrogen-bond acceptors (Lipinski definition) is 4. The number of likely N-dealkylation sites (tertiary alicyclic amines) is 1. The van der Waals surface area contributed by atoms with Crippen molar-refractivity contribution >= 4 is 5.96 Å². The molecule has 0 spiro atoms. The van der Waals surface area contributed by atoms with Crippen LogP contribution in [0.2, 0.25) is 0 Å². The third kappa shape index (κ3) is 7.36. The molecule has 2 aliphatic rings. The van der Waals surface area contributed by atoms with Crippen molar-refractivity contribution in [3.63, 3.8) is 0 Å². The summed E-state index contributed by atoms with van der Waals surface area (Å²) in [7, 11) is 2.20. The number of nitrogens with zero attached hydrogens (tertiary/aromatic N) is 2. The molecule has 2 saturated heterocycles. The van der Waals surface area contributed by atoms with Crippen molar-refractivity contribution in [3.8, 4) is 0 Å². The highest BCUT2D eigenvalue weighted by atomic mass is 16.5. The first-order valence-corrected chi connectivity index (χ1v) is 9.67. The van der Waals surface area contributed by atoms with E-state index >= 15 is 0 Å². The Hall–Kier alpha value is -0.850. The second kappa shape index (κ2) is 11.7. The number of aliphatic imine (C=N–C) groups is 1. The van der Waals surface area contributed by atoms with Gasteiger partial charge in [0, 0.05) is 45.6 Å². The van der Waals surface area contributed by atoms with Gasteiger partial charge >= 0.3 is 0 Å². The van der Waals surface area contributed by atoms with Crippen molar-refractivity contribution < 1.29 is 9.47 Å². The summed E-state index contributed by atoms with van der Waals surface area (Å²) in [5, 5.41) is 6.75. The van der Waals surface area contributed by atoms with Crippen LogP contribution in [0.5, 0.6) is 0 Å². The molecule has 0 radical (unpaired) electrons. The van der Waals surface area contributed by atoms with Crippen LogP contribution in [0.4, 0.5) is 0 Å². The zero-order chi connectivity index (χ0) is 17.0. The molecule has 24 heavy (non-hydrogen) atoms. The van der Waals surface area contributed by atoms with Crippen molar-refractivity contribution in [1.82, 2.24) is 15.5 Å². The molecule has 2 rings (SSSR count). The smallest absolute Gasteiger partial charge is 0.191 e. The summed E-state index contributed by atoms with van der Waals surface area (Å²) in [4.78, 5) is 7.15. The average Bonchev–Trinajstić information content (AvgIpc) is 3.01. The lowest BCUT2D eigenvalue weighted by Gasteiger charge is -2.21. The maximum Gasteiger partial charge on any atom is 0.191 e. The monoisotopic (exact) mass is 340 g/mol. The molecule has 2 heterocycles. The second-order valence-electron chi connectivity index (χ2n) is 6.91. The number of hydrogen-bond donors (Lipinski definition) is 2. The van der Waals surface area contributed by atoms with Gasteiger partial charge in [0.2, 0.25) is 0 Å². The van der Waals surface area contributed by atoms with E-state index in [0.717, 1.165) is 71.3 Å². The molecule has 0 aliphatic carbocycles. The van der Waals surface area contributed by atoms with Gasteiger partial charge in [-0.15, -0.1) is 0 Å². The Bertz CT molecular complexity index is 359. The maximum absolute atomic E-state index is 5.81. The molecular formula is C18H36N4O2. The predicted molar refractivity (Wildman–Crippen MR) is 98.6 cm³/mol. The van der Waals surface area contributed by atoms with E-state index in [0.29, 0.717) is 12.0 Å². The van der Waals surface area contributed by atoms with Gasteiger partial charge in [-0.25, -0.2) is 0 Å². The van der Waals surface area contributed by atoms with Crippen LogP contribution in [0, 0.1) is 5.92 Å². The quantitative estimate of drug-likeness (QED) is 0.378. The number of rotatable bonds is 9. The topological polar surface area (TPSA) is 58.1 Å². The van der Waals surface area contributed by atoms with Gasteiger partial charge in [0.25, 0.3) is 0 Å². The van der Waals surface area contributed by atoms with Crippen LogP contribution in [0.3, 0.4) is 0 Å². The van der Waals surface area contributed by atoms with Gasteiger partial charge in [0.05, 0.1) is 6.54 Å². The lowest BCUT2D eigenvalue weighted by Crippen LogP contribution is -2.39. The van der Waals surface area contributed by atoms with Gasteiger partial charge in [-0.2, -0.15) is 0 Å². The Balaban J connectivity index is 1.55. The summed E-state index contributed by atoms with van der Waals surface area (Å²) in [5.74, 6) is 1.62. The molecule has 0 saturated carbocycles. The molecule has 0 aromatic carbocycles. The van der Waals surface area contributed by atoms with Crippen molar-refractivity contribution in [2.45, 2.75) is 45.1 Å². The predicted octanol–water partition coefficient (Wildman–Crippen LogP) is 1.47. The first-order chi connectivity index (χ1) is 11.8. The highest BCUT2D eigenvalue weighted by molar-refractivity contribution is 5.79. The molecule has 2 N–H and O–H groups in total. The van der Waals surface area contributed by atoms with Crippen LogP contribution in [-0.2, 0) is 9.47 Å². The minimum Gasteiger partial charge on any atom is -0.381 e. The fourth-order valence-electron chi connectivity index (χ4n) is 3.29. The molecule has 140 valence electrons. The Morgan fingerprint density at radius 3 is 2.79 bits per heavy atom. The first kappa shape index (κ1) is 19.5. The molecule has 2 fully saturated rings. The van der Waals surface area contributed by atoms with Gasteiger partial charge in [-0.1, -0.05) is 0 Å². The van der Waals surface area contributed by atoms with Crippen molar-refractivity contribution in [1.29, 1.82) is 0 Å². The minimum atomic E-state index is 0.600. The van der Waals surface area contributed by atoms with Crippen molar-refractivity contribution in [2.75, 3.05) is 59.7 Å². The summed E-state index contributed by atoms with van der Waals surface area (Å²) < 4.78 is 11.2. The van der Waals surface area contributed by atoms with Gasteiger partial charge in [0.15, 0.2) is 5.96 Å². The van der Waals surface area contributed by atoms with Crippen LogP contribution in [0.15, 0.2) is 4.99 Å². The minimum absolute atomic E-state index is 0.600. The highest BCUT2D eigenvalue weighted by Gasteiger charge is 2.20. The third-order valence-electron chi connectivity index (χ3n) is 4.93. The fourth-order valence-corrected chi connectivity index (χ4v) is 3.29. The van der Waals surface area contributed by atoms with E-state index in [-0.39, 0.29) is 0 Å². The number of ether oxygens (including phenoxy) is 2. The zero-order valence-electron chi connectivity index (χ0n) is 15.6. The Morgan fingerprint density at radius 2 is 2.08 bits per heavy atom. The summed E-state index contributed by atoms with van der Waals surface area (Å²) in [5.41, 5.74) is 0. The molecule has 1 unspecified atom stereocenters. The van der Waals surface area contributed by atoms with E-state index in [2.05, 4.69) is 29.5 Å².